The number of hydrogen-bond acceptors (Lipinski definition) is 4. The molecule has 0 saturated heterocycles. The molecular weight excluding hydrogens is 146 g/mol. The molecule has 0 fully saturated rings. The highest BCUT2D eigenvalue weighted by Crippen LogP contribution is 2.17. The summed E-state index contributed by atoms with van der Waals surface area (Å²) in [6.07, 6.45) is 1.84. The Hall–Kier alpha value is -1.29. The fraction of sp³-hybridized carbons (Fsp3) is 0.286. The standard InChI is InChI=1S/C7H7NO3/c9-2-1-5-3-6-7(11-5)8-4-10-6/h3-4,9H,1-2H2. The molecule has 0 saturated carbocycles. The van der Waals surface area contributed by atoms with Crippen LogP contribution in [0.1, 0.15) is 5.76 Å². The molecule has 0 radical (unpaired) electrons. The van der Waals surface area contributed by atoms with Gasteiger partial charge in [-0.2, -0.15) is 4.98 Å². The largest absolute Gasteiger partial charge is 0.440 e. The number of oxazole rings is 1. The molecule has 4 nitrogen and oxygen atoms in total. The zero-order chi connectivity index (χ0) is 7.68. The maximum absolute atomic E-state index is 8.57. The highest BCUT2D eigenvalue weighted by molar-refractivity contribution is 5.65. The van der Waals surface area contributed by atoms with E-state index in [1.165, 1.54) is 6.39 Å². The van der Waals surface area contributed by atoms with Gasteiger partial charge in [-0.25, -0.2) is 0 Å². The van der Waals surface area contributed by atoms with Crippen molar-refractivity contribution < 1.29 is 13.9 Å². The molecule has 2 heterocycles. The van der Waals surface area contributed by atoms with Gasteiger partial charge in [0.1, 0.15) is 5.76 Å². The summed E-state index contributed by atoms with van der Waals surface area (Å²) in [6, 6.07) is 1.73. The zero-order valence-electron chi connectivity index (χ0n) is 5.78. The Labute approximate surface area is 62.4 Å². The summed E-state index contributed by atoms with van der Waals surface area (Å²) in [5.41, 5.74) is 1.13. The topological polar surface area (TPSA) is 59.4 Å². The van der Waals surface area contributed by atoms with Gasteiger partial charge in [0, 0.05) is 12.5 Å². The summed E-state index contributed by atoms with van der Waals surface area (Å²) in [5, 5.41) is 8.57. The van der Waals surface area contributed by atoms with Crippen molar-refractivity contribution in [3.05, 3.63) is 18.2 Å². The van der Waals surface area contributed by atoms with E-state index in [0.29, 0.717) is 23.5 Å². The summed E-state index contributed by atoms with van der Waals surface area (Å²) in [6.45, 7) is 0.0795. The number of aromatic nitrogens is 1. The van der Waals surface area contributed by atoms with Crippen LogP contribution in [-0.4, -0.2) is 16.7 Å². The van der Waals surface area contributed by atoms with Crippen molar-refractivity contribution in [2.24, 2.45) is 0 Å². The summed E-state index contributed by atoms with van der Waals surface area (Å²) in [7, 11) is 0. The van der Waals surface area contributed by atoms with Gasteiger partial charge in [-0.05, 0) is 0 Å². The number of hydrogen-bond donors (Lipinski definition) is 1. The Morgan fingerprint density at radius 1 is 1.55 bits per heavy atom. The van der Waals surface area contributed by atoms with Gasteiger partial charge >= 0.3 is 0 Å². The van der Waals surface area contributed by atoms with E-state index >= 15 is 0 Å². The van der Waals surface area contributed by atoms with Crippen LogP contribution in [0.5, 0.6) is 0 Å². The second-order valence-electron chi connectivity index (χ2n) is 2.21. The normalized spacial score (nSPS) is 11.0. The van der Waals surface area contributed by atoms with Crippen LogP contribution in [-0.2, 0) is 6.42 Å². The molecule has 58 valence electrons. The molecule has 11 heavy (non-hydrogen) atoms. The van der Waals surface area contributed by atoms with Gasteiger partial charge in [0.15, 0.2) is 12.0 Å². The minimum Gasteiger partial charge on any atom is -0.440 e. The lowest BCUT2D eigenvalue weighted by Crippen LogP contribution is -1.86. The molecule has 0 spiro atoms. The van der Waals surface area contributed by atoms with E-state index < -0.39 is 0 Å². The van der Waals surface area contributed by atoms with Crippen LogP contribution in [0.25, 0.3) is 11.3 Å². The quantitative estimate of drug-likeness (QED) is 0.697. The minimum absolute atomic E-state index is 0.0795. The second-order valence-corrected chi connectivity index (χ2v) is 2.21. The maximum Gasteiger partial charge on any atom is 0.265 e. The van der Waals surface area contributed by atoms with Crippen LogP contribution in [0.2, 0.25) is 0 Å². The summed E-state index contributed by atoms with van der Waals surface area (Å²) < 4.78 is 10.1. The van der Waals surface area contributed by atoms with Crippen LogP contribution >= 0.6 is 0 Å². The monoisotopic (exact) mass is 153 g/mol. The smallest absolute Gasteiger partial charge is 0.265 e. The third-order valence-electron chi connectivity index (χ3n) is 1.44. The van der Waals surface area contributed by atoms with Crippen molar-refractivity contribution in [2.75, 3.05) is 6.61 Å². The molecule has 0 aliphatic heterocycles. The Balaban J connectivity index is 2.42. The molecule has 2 aromatic rings. The fourth-order valence-corrected chi connectivity index (χ4v) is 0.951. The van der Waals surface area contributed by atoms with E-state index in [1.54, 1.807) is 6.07 Å². The molecule has 0 unspecified atom stereocenters. The maximum atomic E-state index is 8.57. The van der Waals surface area contributed by atoms with Crippen LogP contribution in [0.15, 0.2) is 21.3 Å². The van der Waals surface area contributed by atoms with E-state index in [0.717, 1.165) is 0 Å². The zero-order valence-corrected chi connectivity index (χ0v) is 5.78. The predicted molar refractivity (Wildman–Crippen MR) is 37.1 cm³/mol. The number of fused-ring (bicyclic) bond motifs is 1. The lowest BCUT2D eigenvalue weighted by Gasteiger charge is -1.86. The fourth-order valence-electron chi connectivity index (χ4n) is 0.951. The Morgan fingerprint density at radius 2 is 2.45 bits per heavy atom. The lowest BCUT2D eigenvalue weighted by atomic mass is 10.3. The van der Waals surface area contributed by atoms with Gasteiger partial charge < -0.3 is 13.9 Å². The van der Waals surface area contributed by atoms with Crippen molar-refractivity contribution in [1.82, 2.24) is 4.98 Å². The summed E-state index contributed by atoms with van der Waals surface area (Å²) >= 11 is 0. The van der Waals surface area contributed by atoms with Crippen LogP contribution < -0.4 is 0 Å². The van der Waals surface area contributed by atoms with Crippen molar-refractivity contribution in [3.8, 4) is 0 Å². The number of nitrogens with zero attached hydrogens (tertiary/aromatic N) is 1. The van der Waals surface area contributed by atoms with Crippen molar-refractivity contribution in [1.29, 1.82) is 0 Å². The number of aliphatic hydroxyl groups is 1. The molecule has 1 N–H and O–H groups in total. The van der Waals surface area contributed by atoms with Crippen molar-refractivity contribution in [3.63, 3.8) is 0 Å². The minimum atomic E-state index is 0.0795. The Morgan fingerprint density at radius 3 is 3.18 bits per heavy atom. The molecule has 0 bridgehead atoms. The molecular formula is C7H7NO3. The molecule has 0 aromatic carbocycles. The lowest BCUT2D eigenvalue weighted by molar-refractivity contribution is 0.289. The van der Waals surface area contributed by atoms with E-state index in [9.17, 15) is 0 Å². The molecule has 2 aromatic heterocycles. The SMILES string of the molecule is OCCc1cc2ocnc2o1. The molecule has 0 amide bonds. The first kappa shape index (κ1) is 6.42. The third-order valence-corrected chi connectivity index (χ3v) is 1.44. The first-order chi connectivity index (χ1) is 5.40. The van der Waals surface area contributed by atoms with Gasteiger partial charge in [-0.3, -0.25) is 0 Å². The average molecular weight is 153 g/mol. The third kappa shape index (κ3) is 1.01. The second kappa shape index (κ2) is 2.39. The molecule has 0 atom stereocenters. The highest BCUT2D eigenvalue weighted by Gasteiger charge is 2.05. The van der Waals surface area contributed by atoms with E-state index in [1.807, 2.05) is 0 Å². The van der Waals surface area contributed by atoms with Crippen LogP contribution in [0.3, 0.4) is 0 Å². The van der Waals surface area contributed by atoms with Crippen LogP contribution in [0, 0.1) is 0 Å². The summed E-state index contributed by atoms with van der Waals surface area (Å²) in [4.78, 5) is 3.81. The molecule has 0 aliphatic carbocycles. The first-order valence-electron chi connectivity index (χ1n) is 3.33. The number of rotatable bonds is 2. The Kier molecular flexibility index (Phi) is 1.40. The van der Waals surface area contributed by atoms with Gasteiger partial charge in [0.2, 0.25) is 0 Å². The Bertz CT molecular complexity index is 321. The molecule has 4 heteroatoms. The van der Waals surface area contributed by atoms with Gasteiger partial charge in [0.05, 0.1) is 6.61 Å². The van der Waals surface area contributed by atoms with Crippen molar-refractivity contribution in [2.45, 2.75) is 6.42 Å². The molecule has 2 rings (SSSR count). The van der Waals surface area contributed by atoms with Gasteiger partial charge in [-0.1, -0.05) is 0 Å². The van der Waals surface area contributed by atoms with E-state index in [4.69, 9.17) is 13.9 Å². The number of aliphatic hydroxyl groups excluding tert-OH is 1. The van der Waals surface area contributed by atoms with Crippen LogP contribution in [0.4, 0.5) is 0 Å². The van der Waals surface area contributed by atoms with Gasteiger partial charge in [-0.15, -0.1) is 0 Å². The molecule has 0 aliphatic rings. The first-order valence-corrected chi connectivity index (χ1v) is 3.33. The number of furan rings is 1. The average Bonchev–Trinajstić information content (AvgIpc) is 2.46. The highest BCUT2D eigenvalue weighted by atomic mass is 16.4. The van der Waals surface area contributed by atoms with Crippen molar-refractivity contribution >= 4 is 11.3 Å². The van der Waals surface area contributed by atoms with E-state index in [2.05, 4.69) is 4.98 Å². The summed E-state index contributed by atoms with van der Waals surface area (Å²) in [5.74, 6) is 0.703. The van der Waals surface area contributed by atoms with Gasteiger partial charge in [0.25, 0.3) is 5.71 Å². The van der Waals surface area contributed by atoms with E-state index in [-0.39, 0.29) is 6.61 Å². The predicted octanol–water partition coefficient (Wildman–Crippen LogP) is 0.956.